The van der Waals surface area contributed by atoms with E-state index in [1.54, 1.807) is 11.3 Å². The van der Waals surface area contributed by atoms with Crippen LogP contribution in [0.15, 0.2) is 15.9 Å². The van der Waals surface area contributed by atoms with Crippen LogP contribution in [0, 0.1) is 0 Å². The zero-order valence-electron chi connectivity index (χ0n) is 10.5. The molecule has 0 fully saturated rings. The van der Waals surface area contributed by atoms with Crippen molar-refractivity contribution in [2.24, 2.45) is 0 Å². The Morgan fingerprint density at radius 2 is 2.18 bits per heavy atom. The highest BCUT2D eigenvalue weighted by molar-refractivity contribution is 9.10. The van der Waals surface area contributed by atoms with E-state index in [1.807, 2.05) is 39.1 Å². The molecule has 0 saturated heterocycles. The Kier molecular flexibility index (Phi) is 5.16. The van der Waals surface area contributed by atoms with Crippen LogP contribution in [0.4, 0.5) is 0 Å². The highest BCUT2D eigenvalue weighted by Gasteiger charge is 2.18. The molecule has 0 bridgehead atoms. The average molecular weight is 321 g/mol. The van der Waals surface area contributed by atoms with Crippen LogP contribution in [0.3, 0.4) is 0 Å². The fourth-order valence-corrected chi connectivity index (χ4v) is 2.94. The molecule has 96 valence electrons. The smallest absolute Gasteiger partial charge is 0.332 e. The first kappa shape index (κ1) is 14.7. The number of halogens is 1. The third kappa shape index (κ3) is 5.19. The molecule has 0 radical (unpaired) electrons. The lowest BCUT2D eigenvalue weighted by atomic mass is 10.2. The summed E-state index contributed by atoms with van der Waals surface area (Å²) in [7, 11) is 0. The monoisotopic (exact) mass is 320 g/mol. The van der Waals surface area contributed by atoms with Crippen LogP contribution < -0.4 is 0 Å². The van der Waals surface area contributed by atoms with Gasteiger partial charge in [0.05, 0.1) is 6.10 Å². The molecule has 0 aliphatic carbocycles. The van der Waals surface area contributed by atoms with Crippen LogP contribution in [-0.2, 0) is 14.3 Å². The topological polar surface area (TPSA) is 35.5 Å². The molecule has 17 heavy (non-hydrogen) atoms. The average Bonchev–Trinajstić information content (AvgIpc) is 2.58. The van der Waals surface area contributed by atoms with Gasteiger partial charge in [0.1, 0.15) is 12.2 Å². The summed E-state index contributed by atoms with van der Waals surface area (Å²) in [6.45, 7) is 7.41. The van der Waals surface area contributed by atoms with Gasteiger partial charge in [-0.3, -0.25) is 0 Å². The maximum atomic E-state index is 11.5. The third-order valence-electron chi connectivity index (χ3n) is 1.89. The molecule has 1 atom stereocenters. The summed E-state index contributed by atoms with van der Waals surface area (Å²) in [5.74, 6) is -0.336. The number of carbonyl (C=O) groups is 1. The Hall–Kier alpha value is -0.390. The molecule has 5 heteroatoms. The predicted molar refractivity (Wildman–Crippen MR) is 72.2 cm³/mol. The maximum absolute atomic E-state index is 11.5. The Balaban J connectivity index is 2.41. The van der Waals surface area contributed by atoms with E-state index in [4.69, 9.17) is 9.47 Å². The molecule has 1 heterocycles. The van der Waals surface area contributed by atoms with E-state index in [-0.39, 0.29) is 18.7 Å². The van der Waals surface area contributed by atoms with Crippen molar-refractivity contribution in [1.29, 1.82) is 0 Å². The number of hydrogen-bond acceptors (Lipinski definition) is 4. The van der Waals surface area contributed by atoms with Gasteiger partial charge >= 0.3 is 5.97 Å². The predicted octanol–water partition coefficient (Wildman–Crippen LogP) is 3.93. The Labute approximate surface area is 114 Å². The number of rotatable bonds is 4. The van der Waals surface area contributed by atoms with Crippen molar-refractivity contribution >= 4 is 33.2 Å². The van der Waals surface area contributed by atoms with Crippen LogP contribution in [0.25, 0.3) is 0 Å². The van der Waals surface area contributed by atoms with E-state index in [0.29, 0.717) is 0 Å². The standard InChI is InChI=1S/C12H17BrO3S/c1-8(11-9(13)5-6-17-11)15-7-10(14)16-12(2,3)4/h5-6,8H,7H2,1-4H3. The van der Waals surface area contributed by atoms with Gasteiger partial charge in [-0.2, -0.15) is 0 Å². The van der Waals surface area contributed by atoms with Crippen molar-refractivity contribution in [3.8, 4) is 0 Å². The third-order valence-corrected chi connectivity index (χ3v) is 3.92. The zero-order chi connectivity index (χ0) is 13.1. The van der Waals surface area contributed by atoms with E-state index < -0.39 is 5.60 Å². The summed E-state index contributed by atoms with van der Waals surface area (Å²) in [6, 6.07) is 1.97. The number of esters is 1. The lowest BCUT2D eigenvalue weighted by molar-refractivity contribution is -0.162. The number of carbonyl (C=O) groups excluding carboxylic acids is 1. The van der Waals surface area contributed by atoms with Gasteiger partial charge in [-0.15, -0.1) is 11.3 Å². The molecule has 3 nitrogen and oxygen atoms in total. The van der Waals surface area contributed by atoms with Crippen molar-refractivity contribution in [3.05, 3.63) is 20.8 Å². The summed E-state index contributed by atoms with van der Waals surface area (Å²) >= 11 is 5.04. The summed E-state index contributed by atoms with van der Waals surface area (Å²) in [5.41, 5.74) is -0.465. The summed E-state index contributed by atoms with van der Waals surface area (Å²) < 4.78 is 11.7. The van der Waals surface area contributed by atoms with Gasteiger partial charge in [0.15, 0.2) is 0 Å². The van der Waals surface area contributed by atoms with E-state index in [2.05, 4.69) is 15.9 Å². The molecule has 0 N–H and O–H groups in total. The molecular formula is C12H17BrO3S. The largest absolute Gasteiger partial charge is 0.458 e. The lowest BCUT2D eigenvalue weighted by Crippen LogP contribution is -2.26. The van der Waals surface area contributed by atoms with Crippen molar-refractivity contribution in [3.63, 3.8) is 0 Å². The first-order valence-electron chi connectivity index (χ1n) is 5.36. The summed E-state index contributed by atoms with van der Waals surface area (Å²) in [6.07, 6.45) is -0.114. The molecule has 0 aliphatic heterocycles. The van der Waals surface area contributed by atoms with Gasteiger partial charge in [-0.1, -0.05) is 0 Å². The van der Waals surface area contributed by atoms with Crippen LogP contribution in [0.5, 0.6) is 0 Å². The first-order valence-corrected chi connectivity index (χ1v) is 7.03. The molecule has 0 amide bonds. The van der Waals surface area contributed by atoms with Gasteiger partial charge in [0.2, 0.25) is 0 Å². The lowest BCUT2D eigenvalue weighted by Gasteiger charge is -2.20. The molecular weight excluding hydrogens is 304 g/mol. The van der Waals surface area contributed by atoms with Crippen molar-refractivity contribution < 1.29 is 14.3 Å². The first-order chi connectivity index (χ1) is 7.79. The van der Waals surface area contributed by atoms with Crippen molar-refractivity contribution in [1.82, 2.24) is 0 Å². The minimum Gasteiger partial charge on any atom is -0.458 e. The van der Waals surface area contributed by atoms with Gasteiger partial charge < -0.3 is 9.47 Å². The highest BCUT2D eigenvalue weighted by Crippen LogP contribution is 2.30. The van der Waals surface area contributed by atoms with Crippen molar-refractivity contribution in [2.75, 3.05) is 6.61 Å². The minimum atomic E-state index is -0.465. The second-order valence-corrected chi connectivity index (χ2v) is 6.47. The van der Waals surface area contributed by atoms with Gasteiger partial charge in [0, 0.05) is 9.35 Å². The molecule has 0 spiro atoms. The van der Waals surface area contributed by atoms with E-state index in [9.17, 15) is 4.79 Å². The molecule has 1 aromatic rings. The minimum absolute atomic E-state index is 0.0250. The Morgan fingerprint density at radius 1 is 1.53 bits per heavy atom. The highest BCUT2D eigenvalue weighted by atomic mass is 79.9. The normalized spacial score (nSPS) is 13.5. The van der Waals surface area contributed by atoms with Crippen LogP contribution in [-0.4, -0.2) is 18.2 Å². The molecule has 0 aromatic carbocycles. The Bertz CT molecular complexity index is 381. The SMILES string of the molecule is CC(OCC(=O)OC(C)(C)C)c1sccc1Br. The summed E-state index contributed by atoms with van der Waals surface area (Å²) in [5, 5.41) is 1.98. The molecule has 0 aliphatic rings. The van der Waals surface area contributed by atoms with Gasteiger partial charge in [-0.05, 0) is 55.1 Å². The molecule has 1 unspecified atom stereocenters. The number of ether oxygens (including phenoxy) is 2. The quantitative estimate of drug-likeness (QED) is 0.788. The van der Waals surface area contributed by atoms with Gasteiger partial charge in [-0.25, -0.2) is 4.79 Å². The fraction of sp³-hybridized carbons (Fsp3) is 0.583. The number of thiophene rings is 1. The zero-order valence-corrected chi connectivity index (χ0v) is 12.9. The second kappa shape index (κ2) is 5.98. The second-order valence-electron chi connectivity index (χ2n) is 4.67. The maximum Gasteiger partial charge on any atom is 0.332 e. The van der Waals surface area contributed by atoms with E-state index >= 15 is 0 Å². The fourth-order valence-electron chi connectivity index (χ4n) is 1.24. The number of hydrogen-bond donors (Lipinski definition) is 0. The van der Waals surface area contributed by atoms with E-state index in [0.717, 1.165) is 9.35 Å². The van der Waals surface area contributed by atoms with Crippen LogP contribution in [0.2, 0.25) is 0 Å². The van der Waals surface area contributed by atoms with E-state index in [1.165, 1.54) is 0 Å². The Morgan fingerprint density at radius 3 is 2.65 bits per heavy atom. The van der Waals surface area contributed by atoms with Gasteiger partial charge in [0.25, 0.3) is 0 Å². The molecule has 0 saturated carbocycles. The van der Waals surface area contributed by atoms with Crippen molar-refractivity contribution in [2.45, 2.75) is 39.4 Å². The van der Waals surface area contributed by atoms with Crippen LogP contribution >= 0.6 is 27.3 Å². The van der Waals surface area contributed by atoms with Crippen LogP contribution in [0.1, 0.15) is 38.7 Å². The summed E-state index contributed by atoms with van der Waals surface area (Å²) in [4.78, 5) is 12.5. The molecule has 1 rings (SSSR count). The molecule has 1 aromatic heterocycles.